The number of fused-ring (bicyclic) bond motifs is 1. The van der Waals surface area contributed by atoms with Gasteiger partial charge in [0.15, 0.2) is 5.43 Å². The molecular formula is C26H21N3OS. The number of hydrogen-bond acceptors (Lipinski definition) is 4. The van der Waals surface area contributed by atoms with Crippen molar-refractivity contribution in [2.45, 2.75) is 13.8 Å². The van der Waals surface area contributed by atoms with E-state index in [9.17, 15) is 4.79 Å². The normalized spacial score (nSPS) is 11.0. The van der Waals surface area contributed by atoms with Crippen molar-refractivity contribution < 1.29 is 0 Å². The largest absolute Gasteiger partial charge is 0.341 e. The topological polar surface area (TPSA) is 46.9 Å². The molecule has 152 valence electrons. The van der Waals surface area contributed by atoms with Gasteiger partial charge in [0.05, 0.1) is 5.39 Å². The zero-order valence-corrected chi connectivity index (χ0v) is 18.1. The first kappa shape index (κ1) is 19.3. The summed E-state index contributed by atoms with van der Waals surface area (Å²) in [5, 5.41) is 6.12. The highest BCUT2D eigenvalue weighted by molar-refractivity contribution is 7.13. The van der Waals surface area contributed by atoms with Crippen molar-refractivity contribution in [1.29, 1.82) is 0 Å². The lowest BCUT2D eigenvalue weighted by atomic mass is 10.1. The quantitative estimate of drug-likeness (QED) is 0.360. The number of benzene rings is 2. The Hall–Kier alpha value is -3.70. The fourth-order valence-corrected chi connectivity index (χ4v) is 4.72. The Labute approximate surface area is 184 Å². The molecule has 0 saturated carbocycles. The molecule has 0 fully saturated rings. The Bertz CT molecular complexity index is 1440. The predicted octanol–water partition coefficient (Wildman–Crippen LogP) is 6.47. The molecular weight excluding hydrogens is 402 g/mol. The van der Waals surface area contributed by atoms with Crippen molar-refractivity contribution in [3.05, 3.63) is 106 Å². The van der Waals surface area contributed by atoms with Crippen LogP contribution in [0, 0.1) is 13.8 Å². The van der Waals surface area contributed by atoms with Crippen molar-refractivity contribution >= 4 is 33.9 Å². The number of nitrogens with zero attached hydrogens (tertiary/aromatic N) is 2. The van der Waals surface area contributed by atoms with Gasteiger partial charge < -0.3 is 5.32 Å². The Morgan fingerprint density at radius 1 is 0.903 bits per heavy atom. The smallest absolute Gasteiger partial charge is 0.193 e. The van der Waals surface area contributed by atoms with Crippen molar-refractivity contribution in [3.8, 4) is 16.1 Å². The number of anilines is 2. The highest BCUT2D eigenvalue weighted by Crippen LogP contribution is 2.32. The van der Waals surface area contributed by atoms with Crippen LogP contribution in [0.2, 0.25) is 0 Å². The molecule has 0 aliphatic heterocycles. The predicted molar refractivity (Wildman–Crippen MR) is 130 cm³/mol. The summed E-state index contributed by atoms with van der Waals surface area (Å²) in [5.41, 5.74) is 5.56. The molecule has 0 saturated heterocycles. The maximum Gasteiger partial charge on any atom is 0.193 e. The monoisotopic (exact) mass is 423 g/mol. The molecule has 0 aliphatic carbocycles. The molecule has 31 heavy (non-hydrogen) atoms. The summed E-state index contributed by atoms with van der Waals surface area (Å²) < 4.78 is 2.01. The third-order valence-corrected chi connectivity index (χ3v) is 6.32. The Morgan fingerprint density at radius 3 is 2.29 bits per heavy atom. The minimum atomic E-state index is -0.0531. The number of pyridine rings is 2. The number of aryl methyl sites for hydroxylation is 2. The molecule has 0 spiro atoms. The van der Waals surface area contributed by atoms with Gasteiger partial charge in [0.25, 0.3) is 0 Å². The van der Waals surface area contributed by atoms with E-state index in [0.29, 0.717) is 16.9 Å². The molecule has 5 heteroatoms. The fraction of sp³-hybridized carbons (Fsp3) is 0.0769. The van der Waals surface area contributed by atoms with E-state index in [1.54, 1.807) is 17.4 Å². The van der Waals surface area contributed by atoms with Crippen LogP contribution in [-0.2, 0) is 0 Å². The van der Waals surface area contributed by atoms with Gasteiger partial charge in [-0.2, -0.15) is 0 Å². The number of rotatable bonds is 4. The van der Waals surface area contributed by atoms with E-state index in [4.69, 9.17) is 4.98 Å². The number of nitrogens with one attached hydrogen (secondary N) is 1. The molecule has 2 aromatic carbocycles. The van der Waals surface area contributed by atoms with Gasteiger partial charge in [-0.05, 0) is 61.2 Å². The second-order valence-electron chi connectivity index (χ2n) is 7.54. The first-order chi connectivity index (χ1) is 15.1. The summed E-state index contributed by atoms with van der Waals surface area (Å²) in [5.74, 6) is 0.682. The summed E-state index contributed by atoms with van der Waals surface area (Å²) in [6.45, 7) is 4.08. The van der Waals surface area contributed by atoms with Crippen LogP contribution in [0.5, 0.6) is 0 Å². The lowest BCUT2D eigenvalue weighted by Crippen LogP contribution is -2.14. The number of aromatic nitrogens is 2. The fourth-order valence-electron chi connectivity index (χ4n) is 3.75. The number of thiophene rings is 1. The Balaban J connectivity index is 1.79. The standard InChI is InChI=1S/C26H21N3OS/c1-17-13-24(31-16-17)21-14-22-23(30)15-25(28-19-9-5-3-6-10-19)29(26(22)27-18(21)2)20-11-7-4-8-12-20/h3-16,28H,1-2H3. The van der Waals surface area contributed by atoms with E-state index in [0.717, 1.165) is 27.5 Å². The van der Waals surface area contributed by atoms with Gasteiger partial charge in [-0.1, -0.05) is 36.4 Å². The van der Waals surface area contributed by atoms with Crippen molar-refractivity contribution in [2.24, 2.45) is 0 Å². The van der Waals surface area contributed by atoms with Crippen LogP contribution >= 0.6 is 11.3 Å². The zero-order valence-electron chi connectivity index (χ0n) is 17.3. The van der Waals surface area contributed by atoms with Gasteiger partial charge in [0, 0.05) is 33.6 Å². The SMILES string of the molecule is Cc1csc(-c2cc3c(=O)cc(Nc4ccccc4)n(-c4ccccc4)c3nc2C)c1. The van der Waals surface area contributed by atoms with E-state index in [1.807, 2.05) is 78.2 Å². The molecule has 3 aromatic heterocycles. The summed E-state index contributed by atoms with van der Waals surface area (Å²) in [6, 6.07) is 25.6. The lowest BCUT2D eigenvalue weighted by molar-refractivity contribution is 1.05. The van der Waals surface area contributed by atoms with Crippen molar-refractivity contribution in [2.75, 3.05) is 5.32 Å². The summed E-state index contributed by atoms with van der Waals surface area (Å²) in [7, 11) is 0. The summed E-state index contributed by atoms with van der Waals surface area (Å²) in [4.78, 5) is 19.2. The van der Waals surface area contributed by atoms with Crippen LogP contribution in [0.15, 0.2) is 89.0 Å². The maximum atomic E-state index is 13.2. The molecule has 0 aliphatic rings. The molecule has 1 N–H and O–H groups in total. The average molecular weight is 424 g/mol. The van der Waals surface area contributed by atoms with Gasteiger partial charge >= 0.3 is 0 Å². The van der Waals surface area contributed by atoms with Crippen LogP contribution in [0.1, 0.15) is 11.3 Å². The van der Waals surface area contributed by atoms with Gasteiger partial charge in [-0.3, -0.25) is 9.36 Å². The first-order valence-electron chi connectivity index (χ1n) is 10.1. The molecule has 0 radical (unpaired) electrons. The zero-order chi connectivity index (χ0) is 21.4. The van der Waals surface area contributed by atoms with Crippen LogP contribution in [0.3, 0.4) is 0 Å². The minimum absolute atomic E-state index is 0.0531. The number of para-hydroxylation sites is 2. The molecule has 0 amide bonds. The van der Waals surface area contributed by atoms with Crippen LogP contribution in [0.4, 0.5) is 11.5 Å². The van der Waals surface area contributed by atoms with Gasteiger partial charge in [-0.25, -0.2) is 4.98 Å². The number of hydrogen-bond donors (Lipinski definition) is 1. The van der Waals surface area contributed by atoms with E-state index >= 15 is 0 Å². The van der Waals surface area contributed by atoms with E-state index < -0.39 is 0 Å². The minimum Gasteiger partial charge on any atom is -0.341 e. The van der Waals surface area contributed by atoms with Crippen LogP contribution in [0.25, 0.3) is 27.2 Å². The van der Waals surface area contributed by atoms with Gasteiger partial charge in [-0.15, -0.1) is 11.3 Å². The molecule has 4 nitrogen and oxygen atoms in total. The second kappa shape index (κ2) is 7.85. The molecule has 0 atom stereocenters. The van der Waals surface area contributed by atoms with Gasteiger partial charge in [0.2, 0.25) is 0 Å². The average Bonchev–Trinajstić information content (AvgIpc) is 3.21. The molecule has 5 aromatic rings. The van der Waals surface area contributed by atoms with Crippen LogP contribution in [-0.4, -0.2) is 9.55 Å². The molecule has 0 unspecified atom stereocenters. The van der Waals surface area contributed by atoms with Crippen molar-refractivity contribution in [3.63, 3.8) is 0 Å². The Kier molecular flexibility index (Phi) is 4.88. The van der Waals surface area contributed by atoms with E-state index in [-0.39, 0.29) is 5.43 Å². The highest BCUT2D eigenvalue weighted by Gasteiger charge is 2.16. The molecule has 0 bridgehead atoms. The van der Waals surface area contributed by atoms with Crippen molar-refractivity contribution in [1.82, 2.24) is 9.55 Å². The third-order valence-electron chi connectivity index (χ3n) is 5.24. The molecule has 3 heterocycles. The highest BCUT2D eigenvalue weighted by atomic mass is 32.1. The van der Waals surface area contributed by atoms with Crippen LogP contribution < -0.4 is 10.7 Å². The Morgan fingerprint density at radius 2 is 1.61 bits per heavy atom. The summed E-state index contributed by atoms with van der Waals surface area (Å²) >= 11 is 1.68. The van der Waals surface area contributed by atoms with Gasteiger partial charge in [0.1, 0.15) is 11.5 Å². The summed E-state index contributed by atoms with van der Waals surface area (Å²) in [6.07, 6.45) is 0. The third kappa shape index (κ3) is 3.64. The lowest BCUT2D eigenvalue weighted by Gasteiger charge is -2.18. The van der Waals surface area contributed by atoms with E-state index in [1.165, 1.54) is 5.56 Å². The molecule has 5 rings (SSSR count). The maximum absolute atomic E-state index is 13.2. The first-order valence-corrected chi connectivity index (χ1v) is 11.0. The second-order valence-corrected chi connectivity index (χ2v) is 8.45. The van der Waals surface area contributed by atoms with E-state index in [2.05, 4.69) is 23.7 Å².